The highest BCUT2D eigenvalue weighted by atomic mass is 16.3. The Hall–Kier alpha value is -0.970. The van der Waals surface area contributed by atoms with Crippen LogP contribution in [0.15, 0.2) is 0 Å². The van der Waals surface area contributed by atoms with Gasteiger partial charge < -0.3 is 5.11 Å². The van der Waals surface area contributed by atoms with E-state index in [-0.39, 0.29) is 6.61 Å². The zero-order valence-corrected chi connectivity index (χ0v) is 5.15. The lowest BCUT2D eigenvalue weighted by molar-refractivity contribution is 0.294. The van der Waals surface area contributed by atoms with E-state index >= 15 is 0 Å². The predicted octanol–water partition coefficient (Wildman–Crippen LogP) is -1.26. The van der Waals surface area contributed by atoms with Crippen molar-refractivity contribution in [1.29, 1.82) is 0 Å². The van der Waals surface area contributed by atoms with Crippen LogP contribution >= 0.6 is 0 Å². The third kappa shape index (κ3) is 1.23. The summed E-state index contributed by atoms with van der Waals surface area (Å²) >= 11 is 0. The van der Waals surface area contributed by atoms with Crippen molar-refractivity contribution < 1.29 is 5.11 Å². The second-order valence-electron chi connectivity index (χ2n) is 1.69. The third-order valence-electron chi connectivity index (χ3n) is 1.04. The molecule has 0 atom stereocenters. The lowest BCUT2D eigenvalue weighted by Crippen LogP contribution is -2.01. The molecule has 0 saturated heterocycles. The summed E-state index contributed by atoms with van der Waals surface area (Å²) in [6, 6.07) is 0. The van der Waals surface area contributed by atoms with E-state index in [1.807, 2.05) is 0 Å². The van der Waals surface area contributed by atoms with Crippen LogP contribution in [-0.4, -0.2) is 31.9 Å². The van der Waals surface area contributed by atoms with Crippen molar-refractivity contribution in [3.63, 3.8) is 0 Å². The first-order valence-electron chi connectivity index (χ1n) is 2.66. The molecule has 5 nitrogen and oxygen atoms in total. The summed E-state index contributed by atoms with van der Waals surface area (Å²) in [6.07, 6.45) is 0.517. The van der Waals surface area contributed by atoms with E-state index in [2.05, 4.69) is 15.5 Å². The zero-order valence-electron chi connectivity index (χ0n) is 5.15. The molecule has 0 aromatic carbocycles. The second-order valence-corrected chi connectivity index (χ2v) is 1.69. The van der Waals surface area contributed by atoms with Crippen LogP contribution in [0.4, 0.5) is 0 Å². The summed E-state index contributed by atoms with van der Waals surface area (Å²) in [4.78, 5) is 0. The van der Waals surface area contributed by atoms with Gasteiger partial charge in [-0.25, -0.2) is 4.68 Å². The van der Waals surface area contributed by atoms with E-state index < -0.39 is 0 Å². The van der Waals surface area contributed by atoms with Crippen molar-refractivity contribution in [3.05, 3.63) is 5.82 Å². The first-order valence-corrected chi connectivity index (χ1v) is 2.66. The van der Waals surface area contributed by atoms with Gasteiger partial charge in [-0.05, 0) is 10.4 Å². The molecule has 0 fully saturated rings. The molecule has 5 heteroatoms. The molecule has 1 aromatic heterocycles. The standard InChI is InChI=1S/C4H8N4O/c1-8-4(2-3-9)5-6-7-8/h9H,2-3H2,1H3. The van der Waals surface area contributed by atoms with Crippen LogP contribution < -0.4 is 0 Å². The Morgan fingerprint density at radius 3 is 2.89 bits per heavy atom. The number of hydrogen-bond acceptors (Lipinski definition) is 4. The van der Waals surface area contributed by atoms with E-state index in [1.54, 1.807) is 7.05 Å². The summed E-state index contributed by atoms with van der Waals surface area (Å²) in [5.74, 6) is 0.706. The van der Waals surface area contributed by atoms with E-state index in [0.717, 1.165) is 0 Å². The molecule has 0 unspecified atom stereocenters. The van der Waals surface area contributed by atoms with Crippen LogP contribution in [0.5, 0.6) is 0 Å². The molecule has 1 rings (SSSR count). The molecule has 1 aromatic rings. The monoisotopic (exact) mass is 128 g/mol. The Balaban J connectivity index is 2.69. The number of rotatable bonds is 2. The molecule has 0 saturated carbocycles. The topological polar surface area (TPSA) is 63.8 Å². The van der Waals surface area contributed by atoms with Crippen molar-refractivity contribution >= 4 is 0 Å². The van der Waals surface area contributed by atoms with Crippen LogP contribution in [0.3, 0.4) is 0 Å². The molecule has 50 valence electrons. The summed E-state index contributed by atoms with van der Waals surface area (Å²) in [5, 5.41) is 19.1. The SMILES string of the molecule is Cn1nnnc1CCO. The first-order chi connectivity index (χ1) is 4.34. The highest BCUT2D eigenvalue weighted by Crippen LogP contribution is 1.86. The molecule has 0 spiro atoms. The highest BCUT2D eigenvalue weighted by Gasteiger charge is 1.97. The molecule has 0 aliphatic rings. The Morgan fingerprint density at radius 2 is 2.44 bits per heavy atom. The molecule has 0 radical (unpaired) electrons. The van der Waals surface area contributed by atoms with Crippen LogP contribution in [0.2, 0.25) is 0 Å². The van der Waals surface area contributed by atoms with Gasteiger partial charge in [0.25, 0.3) is 0 Å². The molecule has 0 aliphatic heterocycles. The van der Waals surface area contributed by atoms with E-state index in [4.69, 9.17) is 5.11 Å². The van der Waals surface area contributed by atoms with Gasteiger partial charge >= 0.3 is 0 Å². The molecule has 0 aliphatic carbocycles. The van der Waals surface area contributed by atoms with Crippen molar-refractivity contribution in [2.75, 3.05) is 6.61 Å². The van der Waals surface area contributed by atoms with Gasteiger partial charge in [0.1, 0.15) is 0 Å². The van der Waals surface area contributed by atoms with Crippen molar-refractivity contribution in [2.45, 2.75) is 6.42 Å². The van der Waals surface area contributed by atoms with E-state index in [1.165, 1.54) is 4.68 Å². The number of nitrogens with zero attached hydrogens (tertiary/aromatic N) is 4. The van der Waals surface area contributed by atoms with Crippen LogP contribution in [0, 0.1) is 0 Å². The number of hydrogen-bond donors (Lipinski definition) is 1. The molecular formula is C4H8N4O. The smallest absolute Gasteiger partial charge is 0.153 e. The first kappa shape index (κ1) is 6.15. The van der Waals surface area contributed by atoms with Gasteiger partial charge in [-0.2, -0.15) is 0 Å². The maximum absolute atomic E-state index is 8.45. The number of aliphatic hydroxyl groups is 1. The lowest BCUT2D eigenvalue weighted by Gasteiger charge is -1.91. The maximum Gasteiger partial charge on any atom is 0.153 e. The average Bonchev–Trinajstić information content (AvgIpc) is 2.18. The Bertz CT molecular complexity index is 184. The highest BCUT2D eigenvalue weighted by molar-refractivity contribution is 4.78. The van der Waals surface area contributed by atoms with Gasteiger partial charge in [0, 0.05) is 13.5 Å². The summed E-state index contributed by atoms with van der Waals surface area (Å²) in [6.45, 7) is 0.0915. The minimum atomic E-state index is 0.0915. The maximum atomic E-state index is 8.45. The minimum absolute atomic E-state index is 0.0915. The van der Waals surface area contributed by atoms with E-state index in [9.17, 15) is 0 Å². The van der Waals surface area contributed by atoms with Gasteiger partial charge in [-0.15, -0.1) is 5.10 Å². The summed E-state index contributed by atoms with van der Waals surface area (Å²) in [5.41, 5.74) is 0. The van der Waals surface area contributed by atoms with E-state index in [0.29, 0.717) is 12.2 Å². The largest absolute Gasteiger partial charge is 0.396 e. The average molecular weight is 128 g/mol. The van der Waals surface area contributed by atoms with Crippen LogP contribution in [0.25, 0.3) is 0 Å². The minimum Gasteiger partial charge on any atom is -0.396 e. The van der Waals surface area contributed by atoms with Crippen LogP contribution in [-0.2, 0) is 13.5 Å². The predicted molar refractivity (Wildman–Crippen MR) is 29.6 cm³/mol. The molecule has 9 heavy (non-hydrogen) atoms. The van der Waals surface area contributed by atoms with Gasteiger partial charge in [-0.1, -0.05) is 0 Å². The summed E-state index contributed by atoms with van der Waals surface area (Å²) in [7, 11) is 1.74. The molecule has 0 bridgehead atoms. The van der Waals surface area contributed by atoms with Crippen molar-refractivity contribution in [3.8, 4) is 0 Å². The lowest BCUT2D eigenvalue weighted by atomic mass is 10.4. The zero-order chi connectivity index (χ0) is 6.69. The fourth-order valence-electron chi connectivity index (χ4n) is 0.560. The Kier molecular flexibility index (Phi) is 1.74. The summed E-state index contributed by atoms with van der Waals surface area (Å²) < 4.78 is 1.54. The molecule has 1 heterocycles. The Morgan fingerprint density at radius 1 is 1.67 bits per heavy atom. The quantitative estimate of drug-likeness (QED) is 0.540. The van der Waals surface area contributed by atoms with Gasteiger partial charge in [0.2, 0.25) is 0 Å². The number of aryl methyl sites for hydroxylation is 1. The normalized spacial score (nSPS) is 10.0. The molecule has 1 N–H and O–H groups in total. The fraction of sp³-hybridized carbons (Fsp3) is 0.750. The van der Waals surface area contributed by atoms with Crippen LogP contribution in [0.1, 0.15) is 5.82 Å². The Labute approximate surface area is 52.3 Å². The molecular weight excluding hydrogens is 120 g/mol. The fourth-order valence-corrected chi connectivity index (χ4v) is 0.560. The number of aromatic nitrogens is 4. The van der Waals surface area contributed by atoms with Gasteiger partial charge in [0.15, 0.2) is 5.82 Å². The number of aliphatic hydroxyl groups excluding tert-OH is 1. The molecule has 0 amide bonds. The number of tetrazole rings is 1. The third-order valence-corrected chi connectivity index (χ3v) is 1.04. The van der Waals surface area contributed by atoms with Gasteiger partial charge in [-0.3, -0.25) is 0 Å². The van der Waals surface area contributed by atoms with Crippen molar-refractivity contribution in [2.24, 2.45) is 7.05 Å². The second kappa shape index (κ2) is 2.54. The van der Waals surface area contributed by atoms with Crippen molar-refractivity contribution in [1.82, 2.24) is 20.2 Å². The van der Waals surface area contributed by atoms with Gasteiger partial charge in [0.05, 0.1) is 6.61 Å².